The molecule has 0 atom stereocenters. The van der Waals surface area contributed by atoms with E-state index in [1.54, 1.807) is 0 Å². The maximum atomic E-state index is 13.6. The van der Waals surface area contributed by atoms with Crippen LogP contribution < -0.4 is 11.1 Å². The number of hydrogen-bond acceptors (Lipinski definition) is 4. The molecule has 0 aliphatic heterocycles. The van der Waals surface area contributed by atoms with E-state index in [0.717, 1.165) is 65.4 Å². The fraction of sp³-hybridized carbons (Fsp3) is 0.250. The Balaban J connectivity index is 1.59. The number of thiophene rings is 1. The lowest BCUT2D eigenvalue weighted by Crippen LogP contribution is -2.18. The van der Waals surface area contributed by atoms with Gasteiger partial charge in [-0.15, -0.1) is 11.3 Å². The van der Waals surface area contributed by atoms with Crippen LogP contribution in [-0.2, 0) is 12.8 Å². The van der Waals surface area contributed by atoms with E-state index in [1.165, 1.54) is 22.6 Å². The predicted molar refractivity (Wildman–Crippen MR) is 139 cm³/mol. The van der Waals surface area contributed by atoms with Crippen LogP contribution in [0, 0.1) is 6.92 Å². The molecule has 2 amide bonds. The second kappa shape index (κ2) is 9.39. The molecule has 1 aliphatic carbocycles. The van der Waals surface area contributed by atoms with E-state index in [1.807, 2.05) is 61.5 Å². The van der Waals surface area contributed by atoms with E-state index in [4.69, 9.17) is 10.7 Å². The summed E-state index contributed by atoms with van der Waals surface area (Å²) in [5.41, 5.74) is 11.4. The van der Waals surface area contributed by atoms with Crippen LogP contribution in [0.5, 0.6) is 0 Å². The molecule has 2 aromatic heterocycles. The largest absolute Gasteiger partial charge is 0.365 e. The number of carbonyl (C=O) groups is 2. The monoisotopic (exact) mass is 469 g/mol. The van der Waals surface area contributed by atoms with Gasteiger partial charge in [-0.2, -0.15) is 0 Å². The standard InChI is InChI=1S/C28H27N3O2S/c1-17-10-6-7-11-18(17)23-16-21(19-12-8-9-14-22(19)30-23)27(33)31-28-25(26(29)32)20-13-4-2-3-5-15-24(20)34-28/h6-12,14,16H,2-5,13,15H2,1H3,(H2,29,32)(H,31,33). The van der Waals surface area contributed by atoms with Gasteiger partial charge in [-0.25, -0.2) is 4.98 Å². The van der Waals surface area contributed by atoms with Crippen LogP contribution in [0.3, 0.4) is 0 Å². The van der Waals surface area contributed by atoms with Gasteiger partial charge in [0.2, 0.25) is 0 Å². The fourth-order valence-corrected chi connectivity index (χ4v) is 6.09. The van der Waals surface area contributed by atoms with Crippen molar-refractivity contribution >= 4 is 39.1 Å². The summed E-state index contributed by atoms with van der Waals surface area (Å²) < 4.78 is 0. The molecule has 5 nitrogen and oxygen atoms in total. The number of aromatic nitrogens is 1. The van der Waals surface area contributed by atoms with Crippen molar-refractivity contribution in [1.29, 1.82) is 0 Å². The average Bonchev–Trinajstić information content (AvgIpc) is 3.14. The SMILES string of the molecule is Cc1ccccc1-c1cc(C(=O)Nc2sc3c(c2C(N)=O)CCCCCC3)c2ccccc2n1. The van der Waals surface area contributed by atoms with Crippen molar-refractivity contribution in [2.75, 3.05) is 5.32 Å². The van der Waals surface area contributed by atoms with E-state index in [-0.39, 0.29) is 5.91 Å². The highest BCUT2D eigenvalue weighted by molar-refractivity contribution is 7.17. The van der Waals surface area contributed by atoms with Crippen LogP contribution in [0.4, 0.5) is 5.00 Å². The molecule has 172 valence electrons. The number of anilines is 1. The summed E-state index contributed by atoms with van der Waals surface area (Å²) in [5, 5.41) is 4.37. The normalized spacial score (nSPS) is 13.7. The van der Waals surface area contributed by atoms with Gasteiger partial charge >= 0.3 is 0 Å². The van der Waals surface area contributed by atoms with Gasteiger partial charge in [-0.3, -0.25) is 9.59 Å². The van der Waals surface area contributed by atoms with Crippen molar-refractivity contribution in [2.45, 2.75) is 45.4 Å². The molecule has 0 unspecified atom stereocenters. The molecule has 0 spiro atoms. The molecule has 2 heterocycles. The lowest BCUT2D eigenvalue weighted by molar-refractivity contribution is 0.100. The molecule has 0 fully saturated rings. The molecule has 0 saturated carbocycles. The zero-order chi connectivity index (χ0) is 23.7. The number of benzene rings is 2. The Morgan fingerprint density at radius 3 is 2.50 bits per heavy atom. The summed E-state index contributed by atoms with van der Waals surface area (Å²) in [6.07, 6.45) is 6.22. The van der Waals surface area contributed by atoms with Crippen LogP contribution in [0.25, 0.3) is 22.2 Å². The predicted octanol–water partition coefficient (Wildman–Crippen LogP) is 6.28. The quantitative estimate of drug-likeness (QED) is 0.369. The molecule has 0 radical (unpaired) electrons. The minimum absolute atomic E-state index is 0.259. The summed E-state index contributed by atoms with van der Waals surface area (Å²) >= 11 is 1.50. The van der Waals surface area contributed by atoms with E-state index in [9.17, 15) is 9.59 Å². The van der Waals surface area contributed by atoms with Gasteiger partial charge in [-0.05, 0) is 55.9 Å². The minimum Gasteiger partial charge on any atom is -0.365 e. The van der Waals surface area contributed by atoms with Gasteiger partial charge in [0.15, 0.2) is 0 Å². The topological polar surface area (TPSA) is 85.1 Å². The number of amides is 2. The van der Waals surface area contributed by atoms with Crippen LogP contribution in [-0.4, -0.2) is 16.8 Å². The first-order valence-electron chi connectivity index (χ1n) is 11.7. The number of carbonyl (C=O) groups excluding carboxylic acids is 2. The van der Waals surface area contributed by atoms with Crippen molar-refractivity contribution in [3.63, 3.8) is 0 Å². The summed E-state index contributed by atoms with van der Waals surface area (Å²) in [7, 11) is 0. The van der Waals surface area contributed by atoms with Gasteiger partial charge < -0.3 is 11.1 Å². The highest BCUT2D eigenvalue weighted by Gasteiger charge is 2.25. The molecule has 2 aromatic carbocycles. The lowest BCUT2D eigenvalue weighted by atomic mass is 9.96. The Hall–Kier alpha value is -3.51. The Bertz CT molecular complexity index is 1410. The van der Waals surface area contributed by atoms with Crippen LogP contribution in [0.15, 0.2) is 54.6 Å². The van der Waals surface area contributed by atoms with Crippen molar-refractivity contribution in [3.05, 3.63) is 81.7 Å². The summed E-state index contributed by atoms with van der Waals surface area (Å²) in [4.78, 5) is 32.1. The Morgan fingerprint density at radius 1 is 0.971 bits per heavy atom. The minimum atomic E-state index is -0.478. The number of hydrogen-bond donors (Lipinski definition) is 2. The molecule has 5 rings (SSSR count). The summed E-state index contributed by atoms with van der Waals surface area (Å²) in [6, 6.07) is 17.5. The number of nitrogens with zero attached hydrogens (tertiary/aromatic N) is 1. The van der Waals surface area contributed by atoms with Crippen molar-refractivity contribution in [1.82, 2.24) is 4.98 Å². The van der Waals surface area contributed by atoms with Gasteiger partial charge in [-0.1, -0.05) is 55.3 Å². The van der Waals surface area contributed by atoms with Gasteiger partial charge in [0.05, 0.1) is 22.3 Å². The Labute approximate surface area is 203 Å². The second-order valence-electron chi connectivity index (χ2n) is 8.83. The van der Waals surface area contributed by atoms with Gasteiger partial charge in [0.25, 0.3) is 11.8 Å². The molecular weight excluding hydrogens is 442 g/mol. The first-order valence-corrected chi connectivity index (χ1v) is 12.6. The number of fused-ring (bicyclic) bond motifs is 2. The number of nitrogens with one attached hydrogen (secondary N) is 1. The zero-order valence-corrected chi connectivity index (χ0v) is 20.0. The number of primary amides is 1. The van der Waals surface area contributed by atoms with E-state index >= 15 is 0 Å². The molecule has 3 N–H and O–H groups in total. The highest BCUT2D eigenvalue weighted by Crippen LogP contribution is 2.37. The van der Waals surface area contributed by atoms with Crippen LogP contribution >= 0.6 is 11.3 Å². The lowest BCUT2D eigenvalue weighted by Gasteiger charge is -2.12. The first-order chi connectivity index (χ1) is 16.5. The maximum absolute atomic E-state index is 13.6. The third kappa shape index (κ3) is 4.21. The van der Waals surface area contributed by atoms with Gasteiger partial charge in [0.1, 0.15) is 5.00 Å². The van der Waals surface area contributed by atoms with E-state index in [2.05, 4.69) is 5.32 Å². The zero-order valence-electron chi connectivity index (χ0n) is 19.2. The molecular formula is C28H27N3O2S. The molecule has 1 aliphatic rings. The molecule has 0 bridgehead atoms. The van der Waals surface area contributed by atoms with E-state index in [0.29, 0.717) is 16.1 Å². The molecule has 0 saturated heterocycles. The summed E-state index contributed by atoms with van der Waals surface area (Å²) in [6.45, 7) is 2.03. The van der Waals surface area contributed by atoms with Crippen LogP contribution in [0.2, 0.25) is 0 Å². The molecule has 6 heteroatoms. The first kappa shape index (κ1) is 22.3. The number of pyridine rings is 1. The van der Waals surface area contributed by atoms with Crippen LogP contribution in [0.1, 0.15) is 62.4 Å². The maximum Gasteiger partial charge on any atom is 0.257 e. The third-order valence-corrected chi connectivity index (χ3v) is 7.73. The summed E-state index contributed by atoms with van der Waals surface area (Å²) in [5.74, 6) is -0.737. The molecule has 34 heavy (non-hydrogen) atoms. The average molecular weight is 470 g/mol. The number of nitrogens with two attached hydrogens (primary N) is 1. The van der Waals surface area contributed by atoms with Crippen molar-refractivity contribution in [2.24, 2.45) is 5.73 Å². The Kier molecular flexibility index (Phi) is 6.16. The van der Waals surface area contributed by atoms with Gasteiger partial charge in [0, 0.05) is 15.8 Å². The van der Waals surface area contributed by atoms with Crippen molar-refractivity contribution in [3.8, 4) is 11.3 Å². The second-order valence-corrected chi connectivity index (χ2v) is 9.93. The third-order valence-electron chi connectivity index (χ3n) is 6.53. The number of para-hydroxylation sites is 1. The smallest absolute Gasteiger partial charge is 0.257 e. The fourth-order valence-electron chi connectivity index (χ4n) is 4.80. The Morgan fingerprint density at radius 2 is 1.71 bits per heavy atom. The molecule has 4 aromatic rings. The number of rotatable bonds is 4. The highest BCUT2D eigenvalue weighted by atomic mass is 32.1. The van der Waals surface area contributed by atoms with Crippen molar-refractivity contribution < 1.29 is 9.59 Å². The number of aryl methyl sites for hydroxylation is 2. The van der Waals surface area contributed by atoms with E-state index < -0.39 is 5.91 Å².